The second-order valence-corrected chi connectivity index (χ2v) is 8.70. The number of alkyl carbamates (subject to hydrolysis) is 1. The van der Waals surface area contributed by atoms with Gasteiger partial charge in [0.1, 0.15) is 12.6 Å². The summed E-state index contributed by atoms with van der Waals surface area (Å²) < 4.78 is 5.51. The number of fused-ring (bicyclic) bond motifs is 3. The van der Waals surface area contributed by atoms with Crippen LogP contribution in [0.4, 0.5) is 4.79 Å². The molecule has 2 aromatic rings. The summed E-state index contributed by atoms with van der Waals surface area (Å²) in [4.78, 5) is 26.5. The molecule has 0 aromatic heterocycles. The molecule has 1 aliphatic carbocycles. The zero-order valence-electron chi connectivity index (χ0n) is 19.8. The lowest BCUT2D eigenvalue weighted by molar-refractivity contribution is -0.139. The molecule has 0 aliphatic heterocycles. The fourth-order valence-corrected chi connectivity index (χ4v) is 4.69. The molecule has 33 heavy (non-hydrogen) atoms. The van der Waals surface area contributed by atoms with Crippen LogP contribution in [0.1, 0.15) is 63.0 Å². The number of carboxylic acids is 1. The van der Waals surface area contributed by atoms with Gasteiger partial charge in [-0.25, -0.2) is 9.59 Å². The van der Waals surface area contributed by atoms with Crippen LogP contribution in [0.15, 0.2) is 48.5 Å². The van der Waals surface area contributed by atoms with Crippen molar-refractivity contribution in [3.05, 3.63) is 59.7 Å². The predicted molar refractivity (Wildman–Crippen MR) is 131 cm³/mol. The van der Waals surface area contributed by atoms with Crippen LogP contribution in [0.5, 0.6) is 0 Å². The molecule has 0 saturated carbocycles. The minimum Gasteiger partial charge on any atom is -0.480 e. The first-order valence-electron chi connectivity index (χ1n) is 12.1. The van der Waals surface area contributed by atoms with Crippen molar-refractivity contribution in [2.24, 2.45) is 0 Å². The molecular weight excluding hydrogens is 416 g/mol. The van der Waals surface area contributed by atoms with Crippen LogP contribution >= 0.6 is 0 Å². The number of unbranched alkanes of at least 4 members (excludes halogenated alkanes) is 1. The molecule has 0 bridgehead atoms. The van der Waals surface area contributed by atoms with Crippen molar-refractivity contribution < 1.29 is 19.4 Å². The SMILES string of the molecule is CCCN(CCC)CCCC[C@H](NC(=O)OCC1c2ccccc2-c2ccccc21)C(=O)O. The number of benzene rings is 2. The maximum atomic E-state index is 12.4. The molecule has 0 radical (unpaired) electrons. The van der Waals surface area contributed by atoms with E-state index in [4.69, 9.17) is 4.74 Å². The summed E-state index contributed by atoms with van der Waals surface area (Å²) in [6.07, 6.45) is 3.59. The molecule has 0 spiro atoms. The van der Waals surface area contributed by atoms with Crippen LogP contribution < -0.4 is 5.32 Å². The van der Waals surface area contributed by atoms with Crippen molar-refractivity contribution >= 4 is 12.1 Å². The molecule has 0 saturated heterocycles. The number of carbonyl (C=O) groups excluding carboxylic acids is 1. The Kier molecular flexibility index (Phi) is 9.31. The van der Waals surface area contributed by atoms with Gasteiger partial charge in [0.25, 0.3) is 0 Å². The van der Waals surface area contributed by atoms with E-state index in [-0.39, 0.29) is 12.5 Å². The van der Waals surface area contributed by atoms with Gasteiger partial charge in [0.15, 0.2) is 0 Å². The number of carbonyl (C=O) groups is 2. The van der Waals surface area contributed by atoms with Crippen molar-refractivity contribution in [2.75, 3.05) is 26.2 Å². The van der Waals surface area contributed by atoms with Crippen LogP contribution in [-0.4, -0.2) is 54.4 Å². The zero-order chi connectivity index (χ0) is 23.6. The summed E-state index contributed by atoms with van der Waals surface area (Å²) in [5.41, 5.74) is 4.58. The predicted octanol–water partition coefficient (Wildman–Crippen LogP) is 5.27. The van der Waals surface area contributed by atoms with E-state index < -0.39 is 18.1 Å². The quantitative estimate of drug-likeness (QED) is 0.405. The fourth-order valence-electron chi connectivity index (χ4n) is 4.69. The summed E-state index contributed by atoms with van der Waals surface area (Å²) in [6, 6.07) is 15.3. The van der Waals surface area contributed by atoms with Gasteiger partial charge in [-0.2, -0.15) is 0 Å². The topological polar surface area (TPSA) is 78.9 Å². The molecule has 2 N–H and O–H groups in total. The van der Waals surface area contributed by atoms with Crippen molar-refractivity contribution in [3.63, 3.8) is 0 Å². The molecule has 0 unspecified atom stereocenters. The second-order valence-electron chi connectivity index (χ2n) is 8.70. The maximum Gasteiger partial charge on any atom is 0.407 e. The molecule has 1 amide bonds. The van der Waals surface area contributed by atoms with Gasteiger partial charge in [0.2, 0.25) is 0 Å². The summed E-state index contributed by atoms with van der Waals surface area (Å²) in [7, 11) is 0. The Morgan fingerprint density at radius 2 is 1.52 bits per heavy atom. The average Bonchev–Trinajstić information content (AvgIpc) is 3.13. The number of carboxylic acid groups (broad SMARTS) is 1. The van der Waals surface area contributed by atoms with Crippen molar-refractivity contribution in [1.82, 2.24) is 10.2 Å². The molecule has 6 heteroatoms. The lowest BCUT2D eigenvalue weighted by atomic mass is 9.98. The number of aliphatic carboxylic acids is 1. The third kappa shape index (κ3) is 6.57. The van der Waals surface area contributed by atoms with Gasteiger partial charge >= 0.3 is 12.1 Å². The molecule has 3 rings (SSSR count). The monoisotopic (exact) mass is 452 g/mol. The van der Waals surface area contributed by atoms with E-state index in [2.05, 4.69) is 48.3 Å². The van der Waals surface area contributed by atoms with Crippen molar-refractivity contribution in [2.45, 2.75) is 57.9 Å². The molecule has 178 valence electrons. The van der Waals surface area contributed by atoms with Crippen molar-refractivity contribution in [3.8, 4) is 11.1 Å². The molecule has 0 fully saturated rings. The Labute approximate surface area is 196 Å². The number of hydrogen-bond donors (Lipinski definition) is 2. The number of amides is 1. The first kappa shape index (κ1) is 24.8. The number of rotatable bonds is 13. The van der Waals surface area contributed by atoms with E-state index in [0.29, 0.717) is 6.42 Å². The van der Waals surface area contributed by atoms with Crippen LogP contribution in [0, 0.1) is 0 Å². The number of hydrogen-bond acceptors (Lipinski definition) is 4. The summed E-state index contributed by atoms with van der Waals surface area (Å²) in [5, 5.41) is 12.1. The van der Waals surface area contributed by atoms with E-state index >= 15 is 0 Å². The number of nitrogens with one attached hydrogen (secondary N) is 1. The van der Waals surface area contributed by atoms with E-state index in [0.717, 1.165) is 67.6 Å². The van der Waals surface area contributed by atoms with Gasteiger partial charge in [-0.1, -0.05) is 62.4 Å². The highest BCUT2D eigenvalue weighted by atomic mass is 16.5. The Bertz CT molecular complexity index is 878. The fraction of sp³-hybridized carbons (Fsp3) is 0.481. The largest absolute Gasteiger partial charge is 0.480 e. The molecular formula is C27H36N2O4. The third-order valence-corrected chi connectivity index (χ3v) is 6.23. The van der Waals surface area contributed by atoms with E-state index in [1.807, 2.05) is 24.3 Å². The standard InChI is InChI=1S/C27H36N2O4/c1-3-16-29(17-4-2)18-10-9-15-25(26(30)31)28-27(32)33-19-24-22-13-7-5-11-20(22)21-12-6-8-14-23(21)24/h5-8,11-14,24-25H,3-4,9-10,15-19H2,1-2H3,(H,28,32)(H,30,31)/t25-/m0/s1. The van der Waals surface area contributed by atoms with Gasteiger partial charge in [-0.15, -0.1) is 0 Å². The lowest BCUT2D eigenvalue weighted by Crippen LogP contribution is -2.41. The minimum absolute atomic E-state index is 0.0467. The smallest absolute Gasteiger partial charge is 0.407 e. The molecule has 1 atom stereocenters. The van der Waals surface area contributed by atoms with E-state index in [9.17, 15) is 14.7 Å². The second kappa shape index (κ2) is 12.4. The van der Waals surface area contributed by atoms with Gasteiger partial charge in [0.05, 0.1) is 0 Å². The highest BCUT2D eigenvalue weighted by Gasteiger charge is 2.29. The zero-order valence-corrected chi connectivity index (χ0v) is 19.8. The normalized spacial score (nSPS) is 13.4. The number of ether oxygens (including phenoxy) is 1. The molecule has 1 aliphatic rings. The Morgan fingerprint density at radius 1 is 0.939 bits per heavy atom. The highest BCUT2D eigenvalue weighted by Crippen LogP contribution is 2.44. The maximum absolute atomic E-state index is 12.4. The van der Waals surface area contributed by atoms with Crippen LogP contribution in [0.3, 0.4) is 0 Å². The van der Waals surface area contributed by atoms with Gasteiger partial charge in [-0.05, 0) is 74.0 Å². The van der Waals surface area contributed by atoms with Crippen molar-refractivity contribution in [1.29, 1.82) is 0 Å². The van der Waals surface area contributed by atoms with Crippen LogP contribution in [0.25, 0.3) is 11.1 Å². The minimum atomic E-state index is -1.03. The lowest BCUT2D eigenvalue weighted by Gasteiger charge is -2.21. The summed E-state index contributed by atoms with van der Waals surface area (Å²) in [6.45, 7) is 7.60. The van der Waals surface area contributed by atoms with Crippen LogP contribution in [0.2, 0.25) is 0 Å². The highest BCUT2D eigenvalue weighted by molar-refractivity contribution is 5.81. The summed E-state index contributed by atoms with van der Waals surface area (Å²) >= 11 is 0. The molecule has 0 heterocycles. The Morgan fingerprint density at radius 3 is 2.06 bits per heavy atom. The van der Waals surface area contributed by atoms with E-state index in [1.54, 1.807) is 0 Å². The van der Waals surface area contributed by atoms with Gasteiger partial charge < -0.3 is 20.1 Å². The summed E-state index contributed by atoms with van der Waals surface area (Å²) in [5.74, 6) is -1.07. The third-order valence-electron chi connectivity index (χ3n) is 6.23. The van der Waals surface area contributed by atoms with Gasteiger partial charge in [-0.3, -0.25) is 0 Å². The Balaban J connectivity index is 1.50. The Hall–Kier alpha value is -2.86. The molecule has 6 nitrogen and oxygen atoms in total. The first-order chi connectivity index (χ1) is 16.0. The van der Waals surface area contributed by atoms with Crippen LogP contribution in [-0.2, 0) is 9.53 Å². The van der Waals surface area contributed by atoms with Gasteiger partial charge in [0, 0.05) is 5.92 Å². The molecule has 2 aromatic carbocycles. The average molecular weight is 453 g/mol. The van der Waals surface area contributed by atoms with E-state index in [1.165, 1.54) is 0 Å². The number of nitrogens with zero attached hydrogens (tertiary/aromatic N) is 1. The first-order valence-corrected chi connectivity index (χ1v) is 12.1.